The van der Waals surface area contributed by atoms with Crippen molar-refractivity contribution in [3.63, 3.8) is 0 Å². The molecule has 0 bridgehead atoms. The largest absolute Gasteiger partial charge is 0.457 e. The second kappa shape index (κ2) is 8.33. The van der Waals surface area contributed by atoms with Crippen molar-refractivity contribution in [3.8, 4) is 11.5 Å². The fourth-order valence-electron chi connectivity index (χ4n) is 3.03. The quantitative estimate of drug-likeness (QED) is 0.823. The smallest absolute Gasteiger partial charge is 0.410 e. The van der Waals surface area contributed by atoms with Gasteiger partial charge in [0, 0.05) is 12.2 Å². The zero-order valence-corrected chi connectivity index (χ0v) is 16.5. The number of hydrogen-bond acceptors (Lipinski definition) is 4. The van der Waals surface area contributed by atoms with Crippen molar-refractivity contribution in [2.75, 3.05) is 11.9 Å². The molecule has 28 heavy (non-hydrogen) atoms. The van der Waals surface area contributed by atoms with Gasteiger partial charge in [-0.2, -0.15) is 0 Å². The molecular formula is C22H26N2O4. The highest BCUT2D eigenvalue weighted by atomic mass is 16.6. The summed E-state index contributed by atoms with van der Waals surface area (Å²) < 4.78 is 11.2. The maximum atomic E-state index is 12.7. The van der Waals surface area contributed by atoms with Gasteiger partial charge >= 0.3 is 6.09 Å². The molecule has 1 aliphatic rings. The monoisotopic (exact) mass is 382 g/mol. The van der Waals surface area contributed by atoms with Crippen LogP contribution in [0, 0.1) is 0 Å². The first kappa shape index (κ1) is 19.7. The van der Waals surface area contributed by atoms with Crippen LogP contribution >= 0.6 is 0 Å². The number of benzene rings is 2. The highest BCUT2D eigenvalue weighted by molar-refractivity contribution is 5.96. The van der Waals surface area contributed by atoms with E-state index in [9.17, 15) is 9.59 Å². The Balaban J connectivity index is 1.60. The number of ether oxygens (including phenoxy) is 2. The Bertz CT molecular complexity index is 813. The Labute approximate surface area is 165 Å². The summed E-state index contributed by atoms with van der Waals surface area (Å²) >= 11 is 0. The lowest BCUT2D eigenvalue weighted by Gasteiger charge is -2.28. The Kier molecular flexibility index (Phi) is 5.87. The SMILES string of the molecule is CC(C)(C)OC(=O)N1CCC[C@H]1C(=O)Nc1ccc(Oc2ccccc2)cc1. The lowest BCUT2D eigenvalue weighted by atomic mass is 10.2. The number of hydrogen-bond donors (Lipinski definition) is 1. The topological polar surface area (TPSA) is 67.9 Å². The van der Waals surface area contributed by atoms with Gasteiger partial charge in [-0.1, -0.05) is 18.2 Å². The van der Waals surface area contributed by atoms with E-state index in [1.54, 1.807) is 24.3 Å². The Hall–Kier alpha value is -3.02. The lowest BCUT2D eigenvalue weighted by Crippen LogP contribution is -2.45. The lowest BCUT2D eigenvalue weighted by molar-refractivity contribution is -0.120. The van der Waals surface area contributed by atoms with Crippen LogP contribution in [-0.4, -0.2) is 35.1 Å². The van der Waals surface area contributed by atoms with Gasteiger partial charge in [0.25, 0.3) is 0 Å². The molecule has 0 aromatic heterocycles. The fraction of sp³-hybridized carbons (Fsp3) is 0.364. The van der Waals surface area contributed by atoms with E-state index in [2.05, 4.69) is 5.32 Å². The maximum Gasteiger partial charge on any atom is 0.410 e. The minimum Gasteiger partial charge on any atom is -0.457 e. The Morgan fingerprint density at radius 3 is 2.29 bits per heavy atom. The molecule has 0 saturated carbocycles. The first-order valence-corrected chi connectivity index (χ1v) is 9.45. The predicted octanol–water partition coefficient (Wildman–Crippen LogP) is 4.82. The molecule has 1 aliphatic heterocycles. The van der Waals surface area contributed by atoms with Crippen LogP contribution in [0.25, 0.3) is 0 Å². The molecule has 0 radical (unpaired) electrons. The molecule has 1 saturated heterocycles. The molecule has 2 aromatic carbocycles. The van der Waals surface area contributed by atoms with Gasteiger partial charge in [0.2, 0.25) is 5.91 Å². The molecule has 0 unspecified atom stereocenters. The summed E-state index contributed by atoms with van der Waals surface area (Å²) in [5.41, 5.74) is 0.0661. The number of para-hydroxylation sites is 1. The van der Waals surface area contributed by atoms with E-state index in [4.69, 9.17) is 9.47 Å². The summed E-state index contributed by atoms with van der Waals surface area (Å²) in [5, 5.41) is 2.88. The molecule has 1 atom stereocenters. The van der Waals surface area contributed by atoms with Gasteiger partial charge < -0.3 is 14.8 Å². The summed E-state index contributed by atoms with van der Waals surface area (Å²) in [7, 11) is 0. The van der Waals surface area contributed by atoms with Gasteiger partial charge in [-0.05, 0) is 70.0 Å². The second-order valence-corrected chi connectivity index (χ2v) is 7.76. The number of carbonyl (C=O) groups excluding carboxylic acids is 2. The van der Waals surface area contributed by atoms with E-state index in [0.717, 1.165) is 12.2 Å². The van der Waals surface area contributed by atoms with Crippen LogP contribution < -0.4 is 10.1 Å². The molecule has 1 heterocycles. The van der Waals surface area contributed by atoms with Crippen LogP contribution in [0.3, 0.4) is 0 Å². The number of likely N-dealkylation sites (tertiary alicyclic amines) is 1. The highest BCUT2D eigenvalue weighted by Crippen LogP contribution is 2.25. The van der Waals surface area contributed by atoms with Gasteiger partial charge in [0.15, 0.2) is 0 Å². The summed E-state index contributed by atoms with van der Waals surface area (Å²) in [5.74, 6) is 1.22. The molecule has 1 N–H and O–H groups in total. The fourth-order valence-corrected chi connectivity index (χ4v) is 3.03. The van der Waals surface area contributed by atoms with E-state index in [1.165, 1.54) is 4.90 Å². The van der Waals surface area contributed by atoms with E-state index in [0.29, 0.717) is 24.4 Å². The van der Waals surface area contributed by atoms with Crippen LogP contribution in [0.1, 0.15) is 33.6 Å². The zero-order valence-electron chi connectivity index (χ0n) is 16.5. The van der Waals surface area contributed by atoms with E-state index in [1.807, 2.05) is 51.1 Å². The summed E-state index contributed by atoms with van der Waals surface area (Å²) in [4.78, 5) is 26.5. The van der Waals surface area contributed by atoms with Crippen molar-refractivity contribution in [1.29, 1.82) is 0 Å². The number of nitrogens with zero attached hydrogens (tertiary/aromatic N) is 1. The van der Waals surface area contributed by atoms with E-state index in [-0.39, 0.29) is 5.91 Å². The van der Waals surface area contributed by atoms with Gasteiger partial charge in [0.05, 0.1) is 0 Å². The standard InChI is InChI=1S/C22H26N2O4/c1-22(2,3)28-21(26)24-15-7-10-19(24)20(25)23-16-11-13-18(14-12-16)27-17-8-5-4-6-9-17/h4-6,8-9,11-14,19H,7,10,15H2,1-3H3,(H,23,25)/t19-/m0/s1. The molecule has 148 valence electrons. The Morgan fingerprint density at radius 1 is 1.00 bits per heavy atom. The average Bonchev–Trinajstić information content (AvgIpc) is 3.13. The minimum atomic E-state index is -0.588. The van der Waals surface area contributed by atoms with E-state index < -0.39 is 17.7 Å². The summed E-state index contributed by atoms with van der Waals surface area (Å²) in [6.45, 7) is 5.97. The van der Waals surface area contributed by atoms with Crippen LogP contribution in [-0.2, 0) is 9.53 Å². The van der Waals surface area contributed by atoms with Gasteiger partial charge in [-0.25, -0.2) is 4.79 Å². The van der Waals surface area contributed by atoms with Gasteiger partial charge in [0.1, 0.15) is 23.1 Å². The van der Waals surface area contributed by atoms with Crippen LogP contribution in [0.4, 0.5) is 10.5 Å². The van der Waals surface area contributed by atoms with Crippen LogP contribution in [0.15, 0.2) is 54.6 Å². The number of amides is 2. The Morgan fingerprint density at radius 2 is 1.64 bits per heavy atom. The number of rotatable bonds is 4. The molecule has 1 fully saturated rings. The molecular weight excluding hydrogens is 356 g/mol. The molecule has 0 aliphatic carbocycles. The number of nitrogens with one attached hydrogen (secondary N) is 1. The van der Waals surface area contributed by atoms with Crippen molar-refractivity contribution in [1.82, 2.24) is 4.90 Å². The second-order valence-electron chi connectivity index (χ2n) is 7.76. The molecule has 2 aromatic rings. The van der Waals surface area contributed by atoms with Crippen LogP contribution in [0.2, 0.25) is 0 Å². The van der Waals surface area contributed by atoms with E-state index >= 15 is 0 Å². The minimum absolute atomic E-state index is 0.208. The van der Waals surface area contributed by atoms with Crippen molar-refractivity contribution < 1.29 is 19.1 Å². The third-order valence-electron chi connectivity index (χ3n) is 4.28. The molecule has 0 spiro atoms. The average molecular weight is 382 g/mol. The normalized spacial score (nSPS) is 16.5. The summed E-state index contributed by atoms with van der Waals surface area (Å²) in [6.07, 6.45) is 0.957. The predicted molar refractivity (Wildman–Crippen MR) is 108 cm³/mol. The van der Waals surface area contributed by atoms with Crippen molar-refractivity contribution >= 4 is 17.7 Å². The van der Waals surface area contributed by atoms with Gasteiger partial charge in [-0.15, -0.1) is 0 Å². The maximum absolute atomic E-state index is 12.7. The summed E-state index contributed by atoms with van der Waals surface area (Å²) in [6, 6.07) is 16.1. The third-order valence-corrected chi connectivity index (χ3v) is 4.28. The van der Waals surface area contributed by atoms with Gasteiger partial charge in [-0.3, -0.25) is 9.69 Å². The van der Waals surface area contributed by atoms with Crippen molar-refractivity contribution in [3.05, 3.63) is 54.6 Å². The number of carbonyl (C=O) groups is 2. The first-order valence-electron chi connectivity index (χ1n) is 9.45. The van der Waals surface area contributed by atoms with Crippen molar-refractivity contribution in [2.45, 2.75) is 45.3 Å². The molecule has 6 nitrogen and oxygen atoms in total. The molecule has 3 rings (SSSR count). The first-order chi connectivity index (χ1) is 13.3. The third kappa shape index (κ3) is 5.25. The molecule has 2 amide bonds. The highest BCUT2D eigenvalue weighted by Gasteiger charge is 2.36. The number of anilines is 1. The van der Waals surface area contributed by atoms with Crippen molar-refractivity contribution in [2.24, 2.45) is 0 Å². The molecule has 6 heteroatoms. The van der Waals surface area contributed by atoms with Crippen LogP contribution in [0.5, 0.6) is 11.5 Å². The zero-order chi connectivity index (χ0) is 20.1.